The van der Waals surface area contributed by atoms with Gasteiger partial charge in [-0.05, 0) is 76.8 Å². The van der Waals surface area contributed by atoms with E-state index in [1.165, 1.54) is 11.9 Å². The quantitative estimate of drug-likeness (QED) is 0.186. The molecule has 4 aromatic rings. The summed E-state index contributed by atoms with van der Waals surface area (Å²) < 4.78 is 50.6. The molecule has 4 heterocycles. The van der Waals surface area contributed by atoms with E-state index in [1.807, 2.05) is 48.5 Å². The molecule has 3 aromatic heterocycles. The van der Waals surface area contributed by atoms with Gasteiger partial charge in [-0.25, -0.2) is 14.6 Å². The van der Waals surface area contributed by atoms with Gasteiger partial charge in [0, 0.05) is 42.9 Å². The summed E-state index contributed by atoms with van der Waals surface area (Å²) in [4.78, 5) is 23.9. The SMILES string of the molecule is CC(C)(CN1CCCCCCc2ccccc2-c2nc(ccc2-n2ccc(OCC(C)(C)C(F)(F)F)n2)NSc2cccc1n2)C(=O)O. The highest BCUT2D eigenvalue weighted by molar-refractivity contribution is 8.00. The number of nitrogens with one attached hydrogen (secondary N) is 1. The summed E-state index contributed by atoms with van der Waals surface area (Å²) in [5.74, 6) is 0.518. The maximum Gasteiger partial charge on any atom is 0.397 e. The van der Waals surface area contributed by atoms with E-state index in [4.69, 9.17) is 14.7 Å². The minimum absolute atomic E-state index is 0.0848. The number of carbonyl (C=O) groups is 1. The van der Waals surface area contributed by atoms with Gasteiger partial charge < -0.3 is 19.5 Å². The zero-order valence-electron chi connectivity index (χ0n) is 27.5. The van der Waals surface area contributed by atoms with E-state index >= 15 is 0 Å². The lowest BCUT2D eigenvalue weighted by Crippen LogP contribution is -2.40. The van der Waals surface area contributed by atoms with Crippen molar-refractivity contribution >= 4 is 29.6 Å². The van der Waals surface area contributed by atoms with E-state index in [-0.39, 0.29) is 5.88 Å². The zero-order valence-corrected chi connectivity index (χ0v) is 28.4. The Morgan fingerprint density at radius 2 is 1.73 bits per heavy atom. The van der Waals surface area contributed by atoms with Crippen LogP contribution in [-0.4, -0.2) is 56.7 Å². The number of nitrogens with zero attached hydrogens (tertiary/aromatic N) is 5. The summed E-state index contributed by atoms with van der Waals surface area (Å²) in [6.07, 6.45) is 1.87. The number of anilines is 2. The molecule has 5 rings (SSSR count). The first-order valence-electron chi connectivity index (χ1n) is 16.0. The van der Waals surface area contributed by atoms with Crippen molar-refractivity contribution in [1.82, 2.24) is 19.7 Å². The molecule has 0 unspecified atom stereocenters. The van der Waals surface area contributed by atoms with Crippen molar-refractivity contribution in [1.29, 1.82) is 0 Å². The summed E-state index contributed by atoms with van der Waals surface area (Å²) in [5.41, 5.74) is 0.383. The highest BCUT2D eigenvalue weighted by atomic mass is 32.2. The van der Waals surface area contributed by atoms with Crippen LogP contribution in [0.5, 0.6) is 5.88 Å². The third-order valence-corrected chi connectivity index (χ3v) is 9.14. The van der Waals surface area contributed by atoms with Gasteiger partial charge in [0.25, 0.3) is 0 Å². The normalized spacial score (nSPS) is 14.9. The second kappa shape index (κ2) is 14.5. The van der Waals surface area contributed by atoms with Gasteiger partial charge in [-0.15, -0.1) is 5.10 Å². The van der Waals surface area contributed by atoms with Crippen LogP contribution in [-0.2, 0) is 11.2 Å². The van der Waals surface area contributed by atoms with Crippen LogP contribution in [0, 0.1) is 10.8 Å². The molecule has 1 aliphatic heterocycles. The standard InChI is InChI=1S/C35H41F3N6O3S/c1-33(2,32(45)46)22-43-20-10-6-5-7-12-24-13-8-9-14-25(24)31-26(17-18-27(39-31)42-48-30-16-11-15-28(43)40-30)44-21-19-29(41-44)47-23-34(3,4)35(36,37)38/h8-9,11,13-19,21H,5-7,10,12,20,22-23H2,1-4H3,(H,39,42)(H,45,46). The van der Waals surface area contributed by atoms with Gasteiger partial charge in [0.15, 0.2) is 0 Å². The highest BCUT2D eigenvalue weighted by Gasteiger charge is 2.48. The number of carboxylic acid groups (broad SMARTS) is 1. The van der Waals surface area contributed by atoms with Crippen molar-refractivity contribution in [2.24, 2.45) is 10.8 Å². The number of halogens is 3. The number of rotatable bonds is 7. The molecule has 0 saturated heterocycles. The minimum atomic E-state index is -4.41. The van der Waals surface area contributed by atoms with Crippen molar-refractivity contribution < 1.29 is 27.8 Å². The predicted molar refractivity (Wildman–Crippen MR) is 182 cm³/mol. The van der Waals surface area contributed by atoms with E-state index in [2.05, 4.69) is 20.8 Å². The summed E-state index contributed by atoms with van der Waals surface area (Å²) >= 11 is 1.30. The molecule has 13 heteroatoms. The number of alkyl halides is 3. The number of fused-ring (bicyclic) bond motifs is 6. The molecule has 1 aliphatic rings. The largest absolute Gasteiger partial charge is 0.481 e. The third kappa shape index (κ3) is 8.41. The van der Waals surface area contributed by atoms with Crippen molar-refractivity contribution in [2.45, 2.75) is 71.0 Å². The molecule has 0 amide bonds. The molecule has 0 fully saturated rings. The number of aliphatic carboxylic acids is 1. The number of hydrogen-bond donors (Lipinski definition) is 2. The van der Waals surface area contributed by atoms with Crippen LogP contribution in [0.1, 0.15) is 58.9 Å². The van der Waals surface area contributed by atoms with E-state index in [0.717, 1.165) is 57.1 Å². The number of hydrogen-bond acceptors (Lipinski definition) is 8. The van der Waals surface area contributed by atoms with Crippen LogP contribution in [0.25, 0.3) is 16.9 Å². The number of ether oxygens (including phenoxy) is 1. The van der Waals surface area contributed by atoms with Crippen LogP contribution in [0.15, 0.2) is 71.9 Å². The zero-order chi connectivity index (χ0) is 34.5. The summed E-state index contributed by atoms with van der Waals surface area (Å²) in [6.45, 7) is 6.11. The fourth-order valence-corrected chi connectivity index (χ4v) is 5.86. The van der Waals surface area contributed by atoms with E-state index < -0.39 is 29.6 Å². The maximum atomic E-state index is 13.4. The molecular weight excluding hydrogens is 641 g/mol. The minimum Gasteiger partial charge on any atom is -0.481 e. The number of pyridine rings is 2. The lowest BCUT2D eigenvalue weighted by molar-refractivity contribution is -0.219. The molecule has 0 aliphatic carbocycles. The maximum absolute atomic E-state index is 13.4. The topological polar surface area (TPSA) is 105 Å². The molecule has 4 bridgehead atoms. The highest BCUT2D eigenvalue weighted by Crippen LogP contribution is 2.38. The van der Waals surface area contributed by atoms with Crippen LogP contribution >= 0.6 is 11.9 Å². The Hall–Kier alpha value is -4.26. The van der Waals surface area contributed by atoms with Crippen LogP contribution in [0.4, 0.5) is 24.8 Å². The van der Waals surface area contributed by atoms with Gasteiger partial charge in [0.2, 0.25) is 5.88 Å². The fourth-order valence-electron chi connectivity index (χ4n) is 5.25. The molecule has 0 saturated carbocycles. The van der Waals surface area contributed by atoms with Gasteiger partial charge in [0.05, 0.1) is 22.2 Å². The Labute approximate surface area is 283 Å². The molecule has 9 nitrogen and oxygen atoms in total. The van der Waals surface area contributed by atoms with Crippen molar-refractivity contribution in [3.05, 3.63) is 72.4 Å². The molecule has 48 heavy (non-hydrogen) atoms. The predicted octanol–water partition coefficient (Wildman–Crippen LogP) is 8.45. The van der Waals surface area contributed by atoms with E-state index in [0.29, 0.717) is 41.1 Å². The molecule has 0 spiro atoms. The van der Waals surface area contributed by atoms with Crippen molar-refractivity contribution in [3.63, 3.8) is 0 Å². The van der Waals surface area contributed by atoms with Gasteiger partial charge in [-0.3, -0.25) is 4.79 Å². The molecule has 0 atom stereocenters. The number of benzene rings is 1. The molecule has 256 valence electrons. The third-order valence-electron chi connectivity index (χ3n) is 8.39. The Morgan fingerprint density at radius 3 is 2.50 bits per heavy atom. The summed E-state index contributed by atoms with van der Waals surface area (Å²) in [6, 6.07) is 19.0. The smallest absolute Gasteiger partial charge is 0.397 e. The Kier molecular flexibility index (Phi) is 10.6. The van der Waals surface area contributed by atoms with Crippen LogP contribution in [0.3, 0.4) is 0 Å². The van der Waals surface area contributed by atoms with Crippen molar-refractivity contribution in [2.75, 3.05) is 29.3 Å². The first-order valence-corrected chi connectivity index (χ1v) is 16.8. The van der Waals surface area contributed by atoms with Gasteiger partial charge in [0.1, 0.15) is 23.3 Å². The second-order valence-electron chi connectivity index (χ2n) is 13.3. The van der Waals surface area contributed by atoms with Gasteiger partial charge >= 0.3 is 12.1 Å². The van der Waals surface area contributed by atoms with Crippen LogP contribution in [0.2, 0.25) is 0 Å². The fraction of sp³-hybridized carbons (Fsp3) is 0.429. The van der Waals surface area contributed by atoms with Gasteiger partial charge in [-0.2, -0.15) is 13.2 Å². The van der Waals surface area contributed by atoms with Crippen molar-refractivity contribution in [3.8, 4) is 22.8 Å². The monoisotopic (exact) mass is 682 g/mol. The van der Waals surface area contributed by atoms with Gasteiger partial charge in [-0.1, -0.05) is 43.2 Å². The lowest BCUT2D eigenvalue weighted by Gasteiger charge is -2.31. The number of aromatic nitrogens is 4. The molecule has 0 radical (unpaired) electrons. The molecule has 2 N–H and O–H groups in total. The first-order chi connectivity index (χ1) is 22.7. The van der Waals surface area contributed by atoms with E-state index in [1.54, 1.807) is 30.8 Å². The Balaban J connectivity index is 1.47. The van der Waals surface area contributed by atoms with E-state index in [9.17, 15) is 23.1 Å². The second-order valence-corrected chi connectivity index (χ2v) is 14.1. The summed E-state index contributed by atoms with van der Waals surface area (Å²) in [5, 5.41) is 15.0. The molecular formula is C35H41F3N6O3S. The Bertz CT molecular complexity index is 1730. The molecule has 1 aromatic carbocycles. The van der Waals surface area contributed by atoms with Crippen LogP contribution < -0.4 is 14.4 Å². The first kappa shape index (κ1) is 35.1. The lowest BCUT2D eigenvalue weighted by atomic mass is 9.93. The average Bonchev–Trinajstić information content (AvgIpc) is 3.52. The Morgan fingerprint density at radius 1 is 0.958 bits per heavy atom. The number of aryl methyl sites for hydroxylation is 1. The summed E-state index contributed by atoms with van der Waals surface area (Å²) in [7, 11) is 0. The number of carboxylic acids is 1. The average molecular weight is 683 g/mol.